The number of amides is 1. The number of aryl methyl sites for hydroxylation is 1. The van der Waals surface area contributed by atoms with Gasteiger partial charge in [0.05, 0.1) is 19.1 Å². The maximum atomic E-state index is 12.0. The van der Waals surface area contributed by atoms with Crippen LogP contribution in [0, 0.1) is 5.92 Å². The highest BCUT2D eigenvalue weighted by atomic mass is 16.5. The number of aromatic amines is 1. The number of H-pyrrole nitrogens is 1. The lowest BCUT2D eigenvalue weighted by Crippen LogP contribution is -2.44. The third kappa shape index (κ3) is 4.04. The number of likely N-dealkylation sites (N-methyl/N-ethyl adjacent to an activating group) is 1. The number of nitrogens with zero attached hydrogens (tertiary/aromatic N) is 1. The van der Waals surface area contributed by atoms with Crippen molar-refractivity contribution in [2.45, 2.75) is 25.8 Å². The van der Waals surface area contributed by atoms with Crippen molar-refractivity contribution < 1.29 is 9.53 Å². The zero-order valence-corrected chi connectivity index (χ0v) is 11.3. The van der Waals surface area contributed by atoms with E-state index in [0.29, 0.717) is 19.8 Å². The maximum absolute atomic E-state index is 12.0. The largest absolute Gasteiger partial charge is 0.379 e. The Kier molecular flexibility index (Phi) is 5.35. The second kappa shape index (κ2) is 7.25. The van der Waals surface area contributed by atoms with Gasteiger partial charge in [0.1, 0.15) is 5.82 Å². The van der Waals surface area contributed by atoms with E-state index in [0.717, 1.165) is 25.2 Å². The highest BCUT2D eigenvalue weighted by molar-refractivity contribution is 5.79. The first kappa shape index (κ1) is 14.0. The van der Waals surface area contributed by atoms with Crippen molar-refractivity contribution in [1.29, 1.82) is 0 Å². The molecule has 6 nitrogen and oxygen atoms in total. The summed E-state index contributed by atoms with van der Waals surface area (Å²) in [5.41, 5.74) is 0. The van der Waals surface area contributed by atoms with Crippen molar-refractivity contribution >= 4 is 5.91 Å². The molecule has 6 heteroatoms. The van der Waals surface area contributed by atoms with Gasteiger partial charge >= 0.3 is 0 Å². The number of carbonyl (C=O) groups excluding carboxylic acids is 1. The number of hydrogen-bond donors (Lipinski definition) is 3. The van der Waals surface area contributed by atoms with Crippen LogP contribution in [0.25, 0.3) is 0 Å². The molecular formula is C13H22N4O2. The topological polar surface area (TPSA) is 79.0 Å². The van der Waals surface area contributed by atoms with Crippen molar-refractivity contribution in [1.82, 2.24) is 20.6 Å². The minimum absolute atomic E-state index is 0.0661. The number of carbonyl (C=O) groups is 1. The quantitative estimate of drug-likeness (QED) is 0.611. The molecule has 1 aliphatic rings. The lowest BCUT2D eigenvalue weighted by molar-refractivity contribution is -0.125. The Morgan fingerprint density at radius 1 is 1.58 bits per heavy atom. The molecule has 2 atom stereocenters. The molecule has 1 aromatic heterocycles. The predicted octanol–water partition coefficient (Wildman–Crippen LogP) is 0.0830. The molecule has 2 heterocycles. The fourth-order valence-corrected chi connectivity index (χ4v) is 2.31. The van der Waals surface area contributed by atoms with Gasteiger partial charge in [-0.15, -0.1) is 0 Å². The molecule has 0 aromatic carbocycles. The summed E-state index contributed by atoms with van der Waals surface area (Å²) in [7, 11) is 0. The molecule has 106 valence electrons. The van der Waals surface area contributed by atoms with Crippen LogP contribution in [0.3, 0.4) is 0 Å². The first-order valence-corrected chi connectivity index (χ1v) is 6.88. The van der Waals surface area contributed by atoms with Crippen LogP contribution in [0.2, 0.25) is 0 Å². The van der Waals surface area contributed by atoms with Gasteiger partial charge in [-0.3, -0.25) is 4.79 Å². The fraction of sp³-hybridized carbons (Fsp3) is 0.692. The minimum Gasteiger partial charge on any atom is -0.379 e. The second-order valence-electron chi connectivity index (χ2n) is 4.74. The summed E-state index contributed by atoms with van der Waals surface area (Å²) in [4.78, 5) is 19.2. The standard InChI is InChI=1S/C13H22N4O2/c1-2-14-11-9-19-8-10(11)13(18)17-5-3-4-12-15-6-7-16-12/h6-7,10-11,14H,2-5,8-9H2,1H3,(H,15,16)(H,17,18). The number of imidazole rings is 1. The van der Waals surface area contributed by atoms with Crippen LogP contribution in [0.1, 0.15) is 19.2 Å². The molecule has 19 heavy (non-hydrogen) atoms. The number of aromatic nitrogens is 2. The van der Waals surface area contributed by atoms with Crippen molar-refractivity contribution in [3.63, 3.8) is 0 Å². The normalized spacial score (nSPS) is 22.6. The average Bonchev–Trinajstić information content (AvgIpc) is 3.05. The Labute approximate surface area is 113 Å². The van der Waals surface area contributed by atoms with Gasteiger partial charge in [-0.2, -0.15) is 0 Å². The van der Waals surface area contributed by atoms with E-state index in [2.05, 4.69) is 20.6 Å². The third-order valence-electron chi connectivity index (χ3n) is 3.33. The van der Waals surface area contributed by atoms with Crippen LogP contribution in [-0.2, 0) is 16.0 Å². The van der Waals surface area contributed by atoms with Crippen LogP contribution in [0.5, 0.6) is 0 Å². The number of ether oxygens (including phenoxy) is 1. The summed E-state index contributed by atoms with van der Waals surface area (Å²) in [6, 6.07) is 0.148. The lowest BCUT2D eigenvalue weighted by Gasteiger charge is -2.17. The first-order valence-electron chi connectivity index (χ1n) is 6.88. The number of nitrogens with one attached hydrogen (secondary N) is 3. The summed E-state index contributed by atoms with van der Waals surface area (Å²) >= 11 is 0. The zero-order valence-electron chi connectivity index (χ0n) is 11.3. The van der Waals surface area contributed by atoms with Gasteiger partial charge in [-0.1, -0.05) is 6.92 Å². The molecule has 0 saturated carbocycles. The highest BCUT2D eigenvalue weighted by Gasteiger charge is 2.32. The summed E-state index contributed by atoms with van der Waals surface area (Å²) in [6.45, 7) is 4.71. The molecule has 1 saturated heterocycles. The van der Waals surface area contributed by atoms with Crippen LogP contribution in [0.15, 0.2) is 12.4 Å². The molecule has 2 unspecified atom stereocenters. The van der Waals surface area contributed by atoms with Crippen LogP contribution >= 0.6 is 0 Å². The smallest absolute Gasteiger partial charge is 0.227 e. The highest BCUT2D eigenvalue weighted by Crippen LogP contribution is 2.13. The van der Waals surface area contributed by atoms with E-state index in [1.165, 1.54) is 0 Å². The van der Waals surface area contributed by atoms with E-state index < -0.39 is 0 Å². The molecule has 1 aliphatic heterocycles. The lowest BCUT2D eigenvalue weighted by atomic mass is 10.0. The van der Waals surface area contributed by atoms with Gasteiger partial charge in [0, 0.05) is 31.4 Å². The SMILES string of the molecule is CCNC1COCC1C(=O)NCCCc1ncc[nH]1. The molecular weight excluding hydrogens is 244 g/mol. The van der Waals surface area contributed by atoms with Crippen LogP contribution < -0.4 is 10.6 Å². The van der Waals surface area contributed by atoms with E-state index in [9.17, 15) is 4.79 Å². The molecule has 0 bridgehead atoms. The van der Waals surface area contributed by atoms with Gasteiger partial charge in [0.15, 0.2) is 0 Å². The third-order valence-corrected chi connectivity index (χ3v) is 3.33. The molecule has 0 radical (unpaired) electrons. The maximum Gasteiger partial charge on any atom is 0.227 e. The second-order valence-corrected chi connectivity index (χ2v) is 4.74. The molecule has 0 aliphatic carbocycles. The first-order chi connectivity index (χ1) is 9.31. The molecule has 3 N–H and O–H groups in total. The van der Waals surface area contributed by atoms with E-state index >= 15 is 0 Å². The average molecular weight is 266 g/mol. The van der Waals surface area contributed by atoms with Crippen LogP contribution in [-0.4, -0.2) is 48.2 Å². The van der Waals surface area contributed by atoms with E-state index in [1.54, 1.807) is 6.20 Å². The Morgan fingerprint density at radius 2 is 2.47 bits per heavy atom. The van der Waals surface area contributed by atoms with E-state index in [-0.39, 0.29) is 17.9 Å². The van der Waals surface area contributed by atoms with Gasteiger partial charge in [0.2, 0.25) is 5.91 Å². The fourth-order valence-electron chi connectivity index (χ4n) is 2.31. The van der Waals surface area contributed by atoms with Crippen molar-refractivity contribution in [3.05, 3.63) is 18.2 Å². The number of rotatable bonds is 7. The van der Waals surface area contributed by atoms with E-state index in [4.69, 9.17) is 4.74 Å². The summed E-state index contributed by atoms with van der Waals surface area (Å²) in [6.07, 6.45) is 5.29. The van der Waals surface area contributed by atoms with Gasteiger partial charge in [-0.25, -0.2) is 4.98 Å². The molecule has 2 rings (SSSR count). The Bertz CT molecular complexity index is 380. The van der Waals surface area contributed by atoms with Crippen molar-refractivity contribution in [3.8, 4) is 0 Å². The minimum atomic E-state index is -0.0661. The summed E-state index contributed by atoms with van der Waals surface area (Å²) in [5.74, 6) is 0.982. The van der Waals surface area contributed by atoms with Gasteiger partial charge < -0.3 is 20.4 Å². The zero-order chi connectivity index (χ0) is 13.5. The molecule has 0 spiro atoms. The Hall–Kier alpha value is -1.40. The molecule has 1 fully saturated rings. The Balaban J connectivity index is 1.66. The predicted molar refractivity (Wildman–Crippen MR) is 71.7 cm³/mol. The van der Waals surface area contributed by atoms with Gasteiger partial charge in [-0.05, 0) is 13.0 Å². The molecule has 1 aromatic rings. The van der Waals surface area contributed by atoms with E-state index in [1.807, 2.05) is 13.1 Å². The monoisotopic (exact) mass is 266 g/mol. The number of hydrogen-bond acceptors (Lipinski definition) is 4. The summed E-state index contributed by atoms with van der Waals surface area (Å²) in [5, 5.41) is 6.26. The molecule has 1 amide bonds. The van der Waals surface area contributed by atoms with Crippen molar-refractivity contribution in [2.24, 2.45) is 5.92 Å². The van der Waals surface area contributed by atoms with Crippen LogP contribution in [0.4, 0.5) is 0 Å². The Morgan fingerprint density at radius 3 is 3.21 bits per heavy atom. The van der Waals surface area contributed by atoms with Gasteiger partial charge in [0.25, 0.3) is 0 Å². The van der Waals surface area contributed by atoms with Crippen molar-refractivity contribution in [2.75, 3.05) is 26.3 Å². The summed E-state index contributed by atoms with van der Waals surface area (Å²) < 4.78 is 5.37.